The Bertz CT molecular complexity index is 316. The van der Waals surface area contributed by atoms with E-state index >= 15 is 0 Å². The van der Waals surface area contributed by atoms with Crippen LogP contribution in [0.1, 0.15) is 39.0 Å². The van der Waals surface area contributed by atoms with Gasteiger partial charge in [0.15, 0.2) is 0 Å². The number of aliphatic carboxylic acids is 1. The van der Waals surface area contributed by atoms with Crippen LogP contribution in [0.2, 0.25) is 0 Å². The van der Waals surface area contributed by atoms with Gasteiger partial charge in [0, 0.05) is 6.54 Å². The first-order chi connectivity index (χ1) is 8.09. The molecule has 0 aromatic carbocycles. The van der Waals surface area contributed by atoms with Crippen molar-refractivity contribution in [2.24, 2.45) is 23.7 Å². The first-order valence-corrected chi connectivity index (χ1v) is 6.60. The van der Waals surface area contributed by atoms with Crippen LogP contribution in [-0.2, 0) is 9.59 Å². The fourth-order valence-electron chi connectivity index (χ4n) is 2.82. The lowest BCUT2D eigenvalue weighted by Crippen LogP contribution is -2.34. The number of amides is 1. The van der Waals surface area contributed by atoms with Gasteiger partial charge in [0.25, 0.3) is 0 Å². The van der Waals surface area contributed by atoms with Gasteiger partial charge >= 0.3 is 5.97 Å². The predicted octanol–water partition coefficient (Wildman–Crippen LogP) is 1.65. The maximum atomic E-state index is 11.7. The molecule has 0 bridgehead atoms. The second-order valence-corrected chi connectivity index (χ2v) is 5.55. The molecule has 0 radical (unpaired) electrons. The molecule has 2 saturated carbocycles. The predicted molar refractivity (Wildman–Crippen MR) is 63.4 cm³/mol. The lowest BCUT2D eigenvalue weighted by atomic mass is 9.80. The third-order valence-electron chi connectivity index (χ3n) is 4.27. The van der Waals surface area contributed by atoms with E-state index in [4.69, 9.17) is 5.11 Å². The van der Waals surface area contributed by atoms with E-state index in [0.29, 0.717) is 18.3 Å². The average molecular weight is 239 g/mol. The molecule has 0 spiro atoms. The Morgan fingerprint density at radius 3 is 2.53 bits per heavy atom. The number of nitrogens with one attached hydrogen (secondary N) is 1. The van der Waals surface area contributed by atoms with E-state index in [1.807, 2.05) is 0 Å². The highest BCUT2D eigenvalue weighted by Crippen LogP contribution is 2.38. The van der Waals surface area contributed by atoms with E-state index in [-0.39, 0.29) is 11.8 Å². The minimum Gasteiger partial charge on any atom is -0.481 e. The summed E-state index contributed by atoms with van der Waals surface area (Å²) >= 11 is 0. The highest BCUT2D eigenvalue weighted by atomic mass is 16.4. The molecule has 0 aromatic heterocycles. The number of hydrogen-bond donors (Lipinski definition) is 2. The van der Waals surface area contributed by atoms with Crippen LogP contribution in [0.25, 0.3) is 0 Å². The molecule has 0 aromatic rings. The Labute approximate surface area is 102 Å². The largest absolute Gasteiger partial charge is 0.481 e. The van der Waals surface area contributed by atoms with Gasteiger partial charge in [0.05, 0.1) is 11.8 Å². The number of carbonyl (C=O) groups excluding carboxylic acids is 1. The van der Waals surface area contributed by atoms with Crippen molar-refractivity contribution in [1.82, 2.24) is 5.32 Å². The molecule has 4 nitrogen and oxygen atoms in total. The maximum Gasteiger partial charge on any atom is 0.307 e. The summed E-state index contributed by atoms with van der Waals surface area (Å²) in [5.74, 6) is -0.343. The summed E-state index contributed by atoms with van der Waals surface area (Å²) < 4.78 is 0. The molecule has 2 fully saturated rings. The lowest BCUT2D eigenvalue weighted by Gasteiger charge is -2.28. The van der Waals surface area contributed by atoms with Crippen LogP contribution in [0.15, 0.2) is 0 Å². The van der Waals surface area contributed by atoms with Crippen LogP contribution in [0, 0.1) is 23.7 Å². The molecule has 2 aliphatic rings. The molecule has 2 rings (SSSR count). The summed E-state index contributed by atoms with van der Waals surface area (Å²) in [6.07, 6.45) is 5.51. The summed E-state index contributed by atoms with van der Waals surface area (Å²) in [6.45, 7) is 2.97. The zero-order chi connectivity index (χ0) is 12.4. The third kappa shape index (κ3) is 2.99. The first-order valence-electron chi connectivity index (χ1n) is 6.60. The van der Waals surface area contributed by atoms with Crippen molar-refractivity contribution in [3.05, 3.63) is 0 Å². The molecule has 17 heavy (non-hydrogen) atoms. The second kappa shape index (κ2) is 5.07. The Kier molecular flexibility index (Phi) is 3.69. The lowest BCUT2D eigenvalue weighted by molar-refractivity contribution is -0.140. The Morgan fingerprint density at radius 1 is 1.24 bits per heavy atom. The summed E-state index contributed by atoms with van der Waals surface area (Å²) in [4.78, 5) is 22.3. The van der Waals surface area contributed by atoms with Gasteiger partial charge in [-0.05, 0) is 24.7 Å². The van der Waals surface area contributed by atoms with Gasteiger partial charge in [0.1, 0.15) is 0 Å². The van der Waals surface area contributed by atoms with E-state index in [1.165, 1.54) is 25.7 Å². The maximum absolute atomic E-state index is 11.7. The van der Waals surface area contributed by atoms with Crippen molar-refractivity contribution in [1.29, 1.82) is 0 Å². The van der Waals surface area contributed by atoms with Crippen LogP contribution >= 0.6 is 0 Å². The molecule has 4 heteroatoms. The fourth-order valence-corrected chi connectivity index (χ4v) is 2.82. The van der Waals surface area contributed by atoms with Crippen molar-refractivity contribution in [3.63, 3.8) is 0 Å². The van der Waals surface area contributed by atoms with Gasteiger partial charge in [-0.1, -0.05) is 26.2 Å². The second-order valence-electron chi connectivity index (χ2n) is 5.55. The zero-order valence-electron chi connectivity index (χ0n) is 10.3. The SMILES string of the molecule is CC1CCCCC1CNC(=O)[C@@H]1C[C@@H]1C(=O)O. The van der Waals surface area contributed by atoms with Gasteiger partial charge in [-0.15, -0.1) is 0 Å². The van der Waals surface area contributed by atoms with Gasteiger partial charge < -0.3 is 10.4 Å². The van der Waals surface area contributed by atoms with Gasteiger partial charge in [-0.25, -0.2) is 0 Å². The van der Waals surface area contributed by atoms with E-state index in [0.717, 1.165) is 6.54 Å². The molecule has 2 N–H and O–H groups in total. The zero-order valence-corrected chi connectivity index (χ0v) is 10.3. The Morgan fingerprint density at radius 2 is 1.94 bits per heavy atom. The normalized spacial score (nSPS) is 36.3. The van der Waals surface area contributed by atoms with Gasteiger partial charge in [-0.2, -0.15) is 0 Å². The summed E-state index contributed by atoms with van der Waals surface area (Å²) in [7, 11) is 0. The number of carboxylic acids is 1. The van der Waals surface area contributed by atoms with Crippen LogP contribution < -0.4 is 5.32 Å². The molecule has 96 valence electrons. The van der Waals surface area contributed by atoms with E-state index in [2.05, 4.69) is 12.2 Å². The molecule has 2 aliphatic carbocycles. The fraction of sp³-hybridized carbons (Fsp3) is 0.846. The molecule has 2 unspecified atom stereocenters. The van der Waals surface area contributed by atoms with Gasteiger partial charge in [0.2, 0.25) is 5.91 Å². The molecule has 4 atom stereocenters. The van der Waals surface area contributed by atoms with Crippen molar-refractivity contribution in [3.8, 4) is 0 Å². The minimum absolute atomic E-state index is 0.0600. The summed E-state index contributed by atoms with van der Waals surface area (Å²) in [5.41, 5.74) is 0. The third-order valence-corrected chi connectivity index (χ3v) is 4.27. The Hall–Kier alpha value is -1.06. The van der Waals surface area contributed by atoms with E-state index in [1.54, 1.807) is 0 Å². The molecule has 0 aliphatic heterocycles. The smallest absolute Gasteiger partial charge is 0.307 e. The van der Waals surface area contributed by atoms with Crippen molar-refractivity contribution in [2.45, 2.75) is 39.0 Å². The Balaban J connectivity index is 1.71. The number of carbonyl (C=O) groups is 2. The van der Waals surface area contributed by atoms with E-state index in [9.17, 15) is 9.59 Å². The van der Waals surface area contributed by atoms with Gasteiger partial charge in [-0.3, -0.25) is 9.59 Å². The number of carboxylic acid groups (broad SMARTS) is 1. The highest BCUT2D eigenvalue weighted by molar-refractivity contribution is 5.89. The summed E-state index contributed by atoms with van der Waals surface area (Å²) in [6, 6.07) is 0. The topological polar surface area (TPSA) is 66.4 Å². The quantitative estimate of drug-likeness (QED) is 0.784. The van der Waals surface area contributed by atoms with Crippen molar-refractivity contribution < 1.29 is 14.7 Å². The molecular formula is C13H21NO3. The summed E-state index contributed by atoms with van der Waals surface area (Å²) in [5, 5.41) is 11.7. The van der Waals surface area contributed by atoms with Crippen LogP contribution in [0.3, 0.4) is 0 Å². The van der Waals surface area contributed by atoms with Crippen molar-refractivity contribution in [2.75, 3.05) is 6.54 Å². The molecular weight excluding hydrogens is 218 g/mol. The molecule has 0 saturated heterocycles. The highest BCUT2D eigenvalue weighted by Gasteiger charge is 2.48. The molecule has 0 heterocycles. The number of hydrogen-bond acceptors (Lipinski definition) is 2. The average Bonchev–Trinajstić information content (AvgIpc) is 3.07. The standard InChI is InChI=1S/C13H21NO3/c1-8-4-2-3-5-9(8)7-14-12(15)10-6-11(10)13(16)17/h8-11H,2-7H2,1H3,(H,14,15)(H,16,17)/t8?,9?,10-,11+/m1/s1. The minimum atomic E-state index is -0.837. The van der Waals surface area contributed by atoms with Crippen LogP contribution in [0.4, 0.5) is 0 Å². The monoisotopic (exact) mass is 239 g/mol. The molecule has 1 amide bonds. The van der Waals surface area contributed by atoms with Crippen molar-refractivity contribution >= 4 is 11.9 Å². The van der Waals surface area contributed by atoms with Crippen LogP contribution in [0.5, 0.6) is 0 Å². The number of rotatable bonds is 4. The van der Waals surface area contributed by atoms with Crippen LogP contribution in [-0.4, -0.2) is 23.5 Å². The van der Waals surface area contributed by atoms with E-state index < -0.39 is 11.9 Å². The first kappa shape index (κ1) is 12.4.